The number of hydrogen-bond acceptors (Lipinski definition) is 2. The fourth-order valence-electron chi connectivity index (χ4n) is 0.885. The molecule has 1 aromatic carbocycles. The Labute approximate surface area is 70.5 Å². The molecule has 0 unspecified atom stereocenters. The molecule has 1 rings (SSSR count). The molecule has 1 amide bonds. The zero-order valence-electron chi connectivity index (χ0n) is 6.37. The highest BCUT2D eigenvalue weighted by Crippen LogP contribution is 2.05. The Morgan fingerprint density at radius 1 is 1.50 bits per heavy atom. The lowest BCUT2D eigenvalue weighted by molar-refractivity contribution is 0.0953. The number of hydrogen-bond donors (Lipinski definition) is 2. The highest BCUT2D eigenvalue weighted by molar-refractivity contribution is 5.96. The molecule has 0 radical (unpaired) electrons. The molecule has 0 fully saturated rings. The molecule has 0 heterocycles. The molecule has 3 N–H and O–H groups in total. The van der Waals surface area contributed by atoms with Gasteiger partial charge in [-0.05, 0) is 12.1 Å². The first kappa shape index (κ1) is 8.31. The summed E-state index contributed by atoms with van der Waals surface area (Å²) in [5, 5.41) is 0. The van der Waals surface area contributed by atoms with Crippen molar-refractivity contribution in [3.05, 3.63) is 35.4 Å². The maximum atomic E-state index is 11.1. The van der Waals surface area contributed by atoms with Crippen LogP contribution in [0.1, 0.15) is 15.9 Å². The fourth-order valence-corrected chi connectivity index (χ4v) is 0.885. The van der Waals surface area contributed by atoms with Crippen molar-refractivity contribution in [2.24, 2.45) is 5.84 Å². The van der Waals surface area contributed by atoms with Gasteiger partial charge in [0.1, 0.15) is 0 Å². The van der Waals surface area contributed by atoms with Crippen LogP contribution < -0.4 is 11.3 Å². The van der Waals surface area contributed by atoms with Gasteiger partial charge in [0.2, 0.25) is 0 Å². The molecular formula is C9H8N2O. The molecule has 0 aliphatic carbocycles. The Bertz CT molecular complexity index is 339. The third-order valence-corrected chi connectivity index (χ3v) is 1.46. The van der Waals surface area contributed by atoms with Crippen molar-refractivity contribution in [1.82, 2.24) is 5.43 Å². The molecule has 60 valence electrons. The van der Waals surface area contributed by atoms with E-state index in [0.717, 1.165) is 0 Å². The first-order chi connectivity index (χ1) is 5.79. The highest BCUT2D eigenvalue weighted by atomic mass is 16.2. The van der Waals surface area contributed by atoms with Gasteiger partial charge < -0.3 is 0 Å². The van der Waals surface area contributed by atoms with Crippen molar-refractivity contribution < 1.29 is 4.79 Å². The van der Waals surface area contributed by atoms with Gasteiger partial charge in [0.25, 0.3) is 5.91 Å². The summed E-state index contributed by atoms with van der Waals surface area (Å²) in [6.45, 7) is 0. The number of nitrogens with two attached hydrogens (primary N) is 1. The second kappa shape index (κ2) is 3.56. The van der Waals surface area contributed by atoms with Crippen LogP contribution in [0, 0.1) is 12.3 Å². The Morgan fingerprint density at radius 3 is 2.75 bits per heavy atom. The van der Waals surface area contributed by atoms with Crippen LogP contribution in [0.4, 0.5) is 0 Å². The zero-order valence-corrected chi connectivity index (χ0v) is 6.37. The van der Waals surface area contributed by atoms with Crippen LogP contribution in [0.2, 0.25) is 0 Å². The summed E-state index contributed by atoms with van der Waals surface area (Å²) in [6.07, 6.45) is 5.17. The van der Waals surface area contributed by atoms with Gasteiger partial charge in [0.15, 0.2) is 0 Å². The third-order valence-electron chi connectivity index (χ3n) is 1.46. The smallest absolute Gasteiger partial charge is 0.266 e. The van der Waals surface area contributed by atoms with E-state index in [4.69, 9.17) is 12.3 Å². The van der Waals surface area contributed by atoms with Crippen LogP contribution >= 0.6 is 0 Å². The SMILES string of the molecule is C#Cc1ccccc1C(=O)NN. The summed E-state index contributed by atoms with van der Waals surface area (Å²) in [6, 6.07) is 6.80. The molecular weight excluding hydrogens is 152 g/mol. The lowest BCUT2D eigenvalue weighted by Gasteiger charge is -2.00. The lowest BCUT2D eigenvalue weighted by atomic mass is 10.1. The second-order valence-electron chi connectivity index (χ2n) is 2.16. The molecule has 0 bridgehead atoms. The summed E-state index contributed by atoms with van der Waals surface area (Å²) in [5.74, 6) is 6.98. The van der Waals surface area contributed by atoms with Gasteiger partial charge in [0, 0.05) is 5.56 Å². The quantitative estimate of drug-likeness (QED) is 0.268. The van der Waals surface area contributed by atoms with E-state index in [-0.39, 0.29) is 5.91 Å². The van der Waals surface area contributed by atoms with E-state index in [1.54, 1.807) is 24.3 Å². The number of amides is 1. The molecule has 0 aliphatic rings. The van der Waals surface area contributed by atoms with Gasteiger partial charge in [-0.3, -0.25) is 10.2 Å². The fraction of sp³-hybridized carbons (Fsp3) is 0. The predicted molar refractivity (Wildman–Crippen MR) is 46.0 cm³/mol. The van der Waals surface area contributed by atoms with Crippen LogP contribution in [0.15, 0.2) is 24.3 Å². The molecule has 0 aliphatic heterocycles. The van der Waals surface area contributed by atoms with E-state index < -0.39 is 0 Å². The number of hydrazine groups is 1. The molecule has 0 saturated heterocycles. The minimum Gasteiger partial charge on any atom is -0.290 e. The molecule has 1 aromatic rings. The lowest BCUT2D eigenvalue weighted by Crippen LogP contribution is -2.30. The normalized spacial score (nSPS) is 8.67. The number of nitrogen functional groups attached to an aromatic ring is 1. The predicted octanol–water partition coefficient (Wildman–Crippen LogP) is 0.271. The molecule has 12 heavy (non-hydrogen) atoms. The van der Waals surface area contributed by atoms with Crippen molar-refractivity contribution in [3.8, 4) is 12.3 Å². The molecule has 0 atom stereocenters. The molecule has 3 nitrogen and oxygen atoms in total. The Balaban J connectivity index is 3.16. The summed E-state index contributed by atoms with van der Waals surface area (Å²) in [4.78, 5) is 11.1. The van der Waals surface area contributed by atoms with E-state index in [1.807, 2.05) is 5.43 Å². The van der Waals surface area contributed by atoms with Gasteiger partial charge in [-0.2, -0.15) is 0 Å². The molecule has 3 heteroatoms. The number of rotatable bonds is 1. The van der Waals surface area contributed by atoms with Crippen LogP contribution in [-0.2, 0) is 0 Å². The standard InChI is InChI=1S/C9H8N2O/c1-2-7-5-3-4-6-8(7)9(12)11-10/h1,3-6H,10H2,(H,11,12). The number of carbonyl (C=O) groups excluding carboxylic acids is 1. The molecule has 0 saturated carbocycles. The second-order valence-corrected chi connectivity index (χ2v) is 2.16. The van der Waals surface area contributed by atoms with Crippen LogP contribution in [0.3, 0.4) is 0 Å². The van der Waals surface area contributed by atoms with Crippen LogP contribution in [0.5, 0.6) is 0 Å². The number of benzene rings is 1. The number of carbonyl (C=O) groups is 1. The van der Waals surface area contributed by atoms with E-state index >= 15 is 0 Å². The van der Waals surface area contributed by atoms with Crippen molar-refractivity contribution >= 4 is 5.91 Å². The van der Waals surface area contributed by atoms with E-state index in [0.29, 0.717) is 11.1 Å². The number of terminal acetylenes is 1. The average molecular weight is 160 g/mol. The van der Waals surface area contributed by atoms with Crippen LogP contribution in [-0.4, -0.2) is 5.91 Å². The van der Waals surface area contributed by atoms with Gasteiger partial charge in [0.05, 0.1) is 5.56 Å². The Kier molecular flexibility index (Phi) is 2.46. The van der Waals surface area contributed by atoms with Crippen molar-refractivity contribution in [3.63, 3.8) is 0 Å². The summed E-state index contributed by atoms with van der Waals surface area (Å²) >= 11 is 0. The number of nitrogens with one attached hydrogen (secondary N) is 1. The summed E-state index contributed by atoms with van der Waals surface area (Å²) < 4.78 is 0. The minimum absolute atomic E-state index is 0.372. The molecule has 0 aromatic heterocycles. The monoisotopic (exact) mass is 160 g/mol. The summed E-state index contributed by atoms with van der Waals surface area (Å²) in [7, 11) is 0. The van der Waals surface area contributed by atoms with Gasteiger partial charge in [-0.1, -0.05) is 18.1 Å². The Hall–Kier alpha value is -1.79. The summed E-state index contributed by atoms with van der Waals surface area (Å²) in [5.41, 5.74) is 2.98. The first-order valence-electron chi connectivity index (χ1n) is 3.36. The average Bonchev–Trinajstić information content (AvgIpc) is 2.16. The van der Waals surface area contributed by atoms with Crippen molar-refractivity contribution in [2.45, 2.75) is 0 Å². The van der Waals surface area contributed by atoms with Gasteiger partial charge in [-0.25, -0.2) is 5.84 Å². The highest BCUT2D eigenvalue weighted by Gasteiger charge is 2.06. The maximum Gasteiger partial charge on any atom is 0.266 e. The van der Waals surface area contributed by atoms with Gasteiger partial charge >= 0.3 is 0 Å². The topological polar surface area (TPSA) is 55.1 Å². The largest absolute Gasteiger partial charge is 0.290 e. The first-order valence-corrected chi connectivity index (χ1v) is 3.36. The molecule has 0 spiro atoms. The van der Waals surface area contributed by atoms with E-state index in [9.17, 15) is 4.79 Å². The van der Waals surface area contributed by atoms with Crippen LogP contribution in [0.25, 0.3) is 0 Å². The van der Waals surface area contributed by atoms with Gasteiger partial charge in [-0.15, -0.1) is 6.42 Å². The Morgan fingerprint density at radius 2 is 2.17 bits per heavy atom. The van der Waals surface area contributed by atoms with E-state index in [1.165, 1.54) is 0 Å². The van der Waals surface area contributed by atoms with Crippen molar-refractivity contribution in [1.29, 1.82) is 0 Å². The maximum absolute atomic E-state index is 11.1. The zero-order chi connectivity index (χ0) is 8.97. The van der Waals surface area contributed by atoms with E-state index in [2.05, 4.69) is 5.92 Å². The third kappa shape index (κ3) is 1.44. The minimum atomic E-state index is -0.372. The van der Waals surface area contributed by atoms with Crippen molar-refractivity contribution in [2.75, 3.05) is 0 Å².